The first-order valence-electron chi connectivity index (χ1n) is 8.35. The molecule has 0 bridgehead atoms. The quantitative estimate of drug-likeness (QED) is 0.773. The Morgan fingerprint density at radius 3 is 1.38 bits per heavy atom. The predicted molar refractivity (Wildman–Crippen MR) is 96.3 cm³/mol. The van der Waals surface area contributed by atoms with Gasteiger partial charge in [0.15, 0.2) is 23.0 Å². The molecule has 0 saturated carbocycles. The summed E-state index contributed by atoms with van der Waals surface area (Å²) < 4.78 is 10.8. The third kappa shape index (κ3) is 3.58. The summed E-state index contributed by atoms with van der Waals surface area (Å²) in [5.41, 5.74) is 3.50. The summed E-state index contributed by atoms with van der Waals surface area (Å²) in [4.78, 5) is 0. The Balaban J connectivity index is 2.73. The van der Waals surface area contributed by atoms with Gasteiger partial charge in [0.2, 0.25) is 0 Å². The van der Waals surface area contributed by atoms with Gasteiger partial charge in [0.25, 0.3) is 0 Å². The lowest BCUT2D eigenvalue weighted by molar-refractivity contribution is 0.369. The molecule has 0 unspecified atom stereocenters. The van der Waals surface area contributed by atoms with Gasteiger partial charge in [-0.05, 0) is 48.2 Å². The first kappa shape index (κ1) is 18.0. The van der Waals surface area contributed by atoms with Gasteiger partial charge in [0.1, 0.15) is 0 Å². The van der Waals surface area contributed by atoms with Crippen molar-refractivity contribution < 1.29 is 19.7 Å². The fourth-order valence-electron chi connectivity index (χ4n) is 3.04. The van der Waals surface area contributed by atoms with Crippen LogP contribution in [0.5, 0.6) is 23.0 Å². The van der Waals surface area contributed by atoms with Crippen LogP contribution in [0.25, 0.3) is 11.1 Å². The topological polar surface area (TPSA) is 58.9 Å². The van der Waals surface area contributed by atoms with Gasteiger partial charge in [-0.25, -0.2) is 0 Å². The van der Waals surface area contributed by atoms with Gasteiger partial charge in [-0.15, -0.1) is 0 Å². The highest BCUT2D eigenvalue weighted by Gasteiger charge is 2.19. The molecule has 0 aliphatic rings. The fourth-order valence-corrected chi connectivity index (χ4v) is 3.04. The predicted octanol–water partition coefficient (Wildman–Crippen LogP) is 4.69. The Labute approximate surface area is 143 Å². The van der Waals surface area contributed by atoms with Gasteiger partial charge in [-0.1, -0.05) is 26.7 Å². The Bertz CT molecular complexity index is 646. The van der Waals surface area contributed by atoms with E-state index in [1.807, 2.05) is 12.1 Å². The number of hydrogen-bond donors (Lipinski definition) is 2. The SMILES string of the molecule is CCCc1cc(O)c(OC)c(-c2cc(CCC)cc(O)c2OC)c1. The van der Waals surface area contributed by atoms with Crippen LogP contribution in [0.3, 0.4) is 0 Å². The fraction of sp³-hybridized carbons (Fsp3) is 0.400. The molecule has 2 aromatic rings. The molecular weight excluding hydrogens is 304 g/mol. The summed E-state index contributed by atoms with van der Waals surface area (Å²) in [6, 6.07) is 7.45. The minimum absolute atomic E-state index is 0.0980. The van der Waals surface area contributed by atoms with Crippen molar-refractivity contribution in [2.75, 3.05) is 14.2 Å². The lowest BCUT2D eigenvalue weighted by Crippen LogP contribution is -1.97. The van der Waals surface area contributed by atoms with Gasteiger partial charge < -0.3 is 19.7 Å². The molecule has 0 spiro atoms. The normalized spacial score (nSPS) is 10.7. The maximum absolute atomic E-state index is 10.3. The van der Waals surface area contributed by atoms with Crippen molar-refractivity contribution in [3.63, 3.8) is 0 Å². The molecule has 0 heterocycles. The Morgan fingerprint density at radius 1 is 0.708 bits per heavy atom. The maximum atomic E-state index is 10.3. The van der Waals surface area contributed by atoms with E-state index in [9.17, 15) is 10.2 Å². The Morgan fingerprint density at radius 2 is 1.08 bits per heavy atom. The summed E-state index contributed by atoms with van der Waals surface area (Å²) in [5.74, 6) is 0.976. The van der Waals surface area contributed by atoms with Crippen molar-refractivity contribution in [2.45, 2.75) is 39.5 Å². The second-order valence-electron chi connectivity index (χ2n) is 5.89. The molecule has 4 heteroatoms. The molecule has 2 aromatic carbocycles. The zero-order valence-electron chi connectivity index (χ0n) is 14.8. The van der Waals surface area contributed by atoms with E-state index in [1.54, 1.807) is 12.1 Å². The van der Waals surface area contributed by atoms with E-state index in [2.05, 4.69) is 13.8 Å². The van der Waals surface area contributed by atoms with Crippen LogP contribution in [-0.4, -0.2) is 24.4 Å². The number of phenols is 2. The lowest BCUT2D eigenvalue weighted by atomic mass is 9.95. The summed E-state index contributed by atoms with van der Waals surface area (Å²) in [5, 5.41) is 20.7. The Kier molecular flexibility index (Phi) is 5.96. The standard InChI is InChI=1S/C20H26O4/c1-5-7-13-9-15(19(23-3)17(21)11-13)16-10-14(8-6-2)12-18(22)20(16)24-4/h9-12,21-22H,5-8H2,1-4H3. The summed E-state index contributed by atoms with van der Waals surface area (Å²) in [6.45, 7) is 4.18. The number of benzene rings is 2. The number of aryl methyl sites for hydroxylation is 2. The molecule has 0 amide bonds. The van der Waals surface area contributed by atoms with Gasteiger partial charge in [0, 0.05) is 11.1 Å². The van der Waals surface area contributed by atoms with E-state index in [-0.39, 0.29) is 11.5 Å². The highest BCUT2D eigenvalue weighted by molar-refractivity contribution is 5.81. The zero-order valence-corrected chi connectivity index (χ0v) is 14.8. The van der Waals surface area contributed by atoms with Crippen LogP contribution in [0.1, 0.15) is 37.8 Å². The molecule has 0 radical (unpaired) electrons. The number of ether oxygens (including phenoxy) is 2. The second kappa shape index (κ2) is 7.95. The Hall–Kier alpha value is -2.36. The molecule has 0 fully saturated rings. The van der Waals surface area contributed by atoms with Crippen molar-refractivity contribution in [2.24, 2.45) is 0 Å². The summed E-state index contributed by atoms with van der Waals surface area (Å²) in [6.07, 6.45) is 3.66. The summed E-state index contributed by atoms with van der Waals surface area (Å²) in [7, 11) is 3.06. The molecule has 0 saturated heterocycles. The van der Waals surface area contributed by atoms with E-state index in [0.717, 1.165) is 47.9 Å². The average molecular weight is 330 g/mol. The third-order valence-electron chi connectivity index (χ3n) is 4.03. The molecule has 0 aromatic heterocycles. The lowest BCUT2D eigenvalue weighted by Gasteiger charge is -2.17. The van der Waals surface area contributed by atoms with Crippen molar-refractivity contribution in [3.05, 3.63) is 35.4 Å². The van der Waals surface area contributed by atoms with Crippen LogP contribution in [0.4, 0.5) is 0 Å². The minimum atomic E-state index is 0.0980. The van der Waals surface area contributed by atoms with Crippen molar-refractivity contribution in [1.82, 2.24) is 0 Å². The molecule has 4 nitrogen and oxygen atoms in total. The minimum Gasteiger partial charge on any atom is -0.504 e. The molecule has 0 aliphatic carbocycles. The van der Waals surface area contributed by atoms with Crippen LogP contribution in [0.15, 0.2) is 24.3 Å². The van der Waals surface area contributed by atoms with Gasteiger partial charge >= 0.3 is 0 Å². The molecule has 130 valence electrons. The van der Waals surface area contributed by atoms with E-state index < -0.39 is 0 Å². The van der Waals surface area contributed by atoms with Crippen LogP contribution in [0.2, 0.25) is 0 Å². The maximum Gasteiger partial charge on any atom is 0.168 e. The van der Waals surface area contributed by atoms with E-state index in [1.165, 1.54) is 14.2 Å². The van der Waals surface area contributed by atoms with Crippen LogP contribution >= 0.6 is 0 Å². The smallest absolute Gasteiger partial charge is 0.168 e. The van der Waals surface area contributed by atoms with E-state index >= 15 is 0 Å². The number of phenolic OH excluding ortho intramolecular Hbond substituents is 2. The van der Waals surface area contributed by atoms with Crippen molar-refractivity contribution >= 4 is 0 Å². The van der Waals surface area contributed by atoms with E-state index in [4.69, 9.17) is 9.47 Å². The first-order valence-corrected chi connectivity index (χ1v) is 8.35. The largest absolute Gasteiger partial charge is 0.504 e. The number of methoxy groups -OCH3 is 2. The number of rotatable bonds is 7. The third-order valence-corrected chi connectivity index (χ3v) is 4.03. The van der Waals surface area contributed by atoms with E-state index in [0.29, 0.717) is 11.5 Å². The highest BCUT2D eigenvalue weighted by Crippen LogP contribution is 2.46. The zero-order chi connectivity index (χ0) is 17.7. The van der Waals surface area contributed by atoms with Gasteiger partial charge in [-0.2, -0.15) is 0 Å². The van der Waals surface area contributed by atoms with Crippen molar-refractivity contribution in [3.8, 4) is 34.1 Å². The number of hydrogen-bond acceptors (Lipinski definition) is 4. The molecule has 24 heavy (non-hydrogen) atoms. The van der Waals surface area contributed by atoms with Crippen LogP contribution < -0.4 is 9.47 Å². The molecular formula is C20H26O4. The second-order valence-corrected chi connectivity index (χ2v) is 5.89. The highest BCUT2D eigenvalue weighted by atomic mass is 16.5. The van der Waals surface area contributed by atoms with Crippen LogP contribution in [-0.2, 0) is 12.8 Å². The van der Waals surface area contributed by atoms with Gasteiger partial charge in [0.05, 0.1) is 14.2 Å². The molecule has 0 atom stereocenters. The molecule has 2 N–H and O–H groups in total. The average Bonchev–Trinajstić information content (AvgIpc) is 2.54. The van der Waals surface area contributed by atoms with Crippen LogP contribution in [0, 0.1) is 0 Å². The summed E-state index contributed by atoms with van der Waals surface area (Å²) >= 11 is 0. The van der Waals surface area contributed by atoms with Gasteiger partial charge in [-0.3, -0.25) is 0 Å². The van der Waals surface area contributed by atoms with Crippen molar-refractivity contribution in [1.29, 1.82) is 0 Å². The molecule has 2 rings (SSSR count). The monoisotopic (exact) mass is 330 g/mol. The first-order chi connectivity index (χ1) is 11.5. The number of aromatic hydroxyl groups is 2. The molecule has 0 aliphatic heterocycles.